The fraction of sp³-hybridized carbons (Fsp3) is 0.451. The van der Waals surface area contributed by atoms with Crippen LogP contribution in [0.15, 0.2) is 150 Å². The lowest BCUT2D eigenvalue weighted by molar-refractivity contribution is 0.383. The highest BCUT2D eigenvalue weighted by Gasteiger charge is 2.17. The quantitative estimate of drug-likeness (QED) is 0.102. The van der Waals surface area contributed by atoms with Crippen LogP contribution in [-0.4, -0.2) is 12.2 Å². The Morgan fingerprint density at radius 3 is 2.24 bits per heavy atom. The van der Waals surface area contributed by atoms with Crippen molar-refractivity contribution in [3.05, 3.63) is 151 Å². The summed E-state index contributed by atoms with van der Waals surface area (Å²) in [7, 11) is 2.08. The highest BCUT2D eigenvalue weighted by molar-refractivity contribution is 6.57. The standard InChI is InChI=1S/C51H74BN2O/c1-17-23-45(53-44(20-4)24-21-30-51(15,16)31-27-38(5)6)28-33-54(32-22-29-49(9,10)11)46(35-41(19-3)40(8)39(7)18-2)37-52-48-36-42-34-43(50(12,13)14)25-26-47(42)55-48/h17,20-26,28,30,32-39,53H,1,4,8,18-19,27,29,31H2,2-3,5-7,9-16H3/b30-21+,32-22+,33-28+,41-35-,44-24+,45-23+,46-37-. The van der Waals surface area contributed by atoms with Crippen molar-refractivity contribution in [2.75, 3.05) is 0 Å². The van der Waals surface area contributed by atoms with Crippen LogP contribution >= 0.6 is 0 Å². The Morgan fingerprint density at radius 2 is 1.65 bits per heavy atom. The SMILES string of the molecule is C=C/C=C(\C=C\N(/C=C/CC(C)(C)C)C(/C=C(/CC)C(=C)C(C)CC)=C\[B]c1cc2cc(C(C)(C)C)ccc2o1)N/C(C=C)=C/C=C/C(C)(C)CCC(C)C. The first kappa shape index (κ1) is 47.0. The molecule has 2 aromatic rings. The Labute approximate surface area is 338 Å². The number of hydrogen-bond acceptors (Lipinski definition) is 3. The average molecular weight is 742 g/mol. The van der Waals surface area contributed by atoms with E-state index >= 15 is 0 Å². The topological polar surface area (TPSA) is 28.4 Å². The first-order valence-corrected chi connectivity index (χ1v) is 20.5. The molecule has 0 aliphatic heterocycles. The molecule has 0 saturated carbocycles. The first-order valence-electron chi connectivity index (χ1n) is 20.5. The van der Waals surface area contributed by atoms with Crippen molar-refractivity contribution in [3.8, 4) is 0 Å². The molecule has 1 radical (unpaired) electrons. The third-order valence-electron chi connectivity index (χ3n) is 9.85. The zero-order valence-electron chi connectivity index (χ0n) is 37.0. The van der Waals surface area contributed by atoms with E-state index in [-0.39, 0.29) is 16.2 Å². The summed E-state index contributed by atoms with van der Waals surface area (Å²) in [5.74, 6) is 3.23. The molecule has 4 heteroatoms. The van der Waals surface area contributed by atoms with Crippen LogP contribution in [-0.2, 0) is 5.41 Å². The average Bonchev–Trinajstić information content (AvgIpc) is 3.53. The zero-order valence-corrected chi connectivity index (χ0v) is 37.0. The first-order chi connectivity index (χ1) is 25.7. The lowest BCUT2D eigenvalue weighted by Gasteiger charge is -2.22. The van der Waals surface area contributed by atoms with Crippen LogP contribution in [0, 0.1) is 22.7 Å². The van der Waals surface area contributed by atoms with Crippen molar-refractivity contribution in [1.29, 1.82) is 0 Å². The van der Waals surface area contributed by atoms with Crippen LogP contribution in [0.25, 0.3) is 11.0 Å². The van der Waals surface area contributed by atoms with Crippen LogP contribution < -0.4 is 11.0 Å². The van der Waals surface area contributed by atoms with Crippen LogP contribution in [0.1, 0.15) is 128 Å². The molecule has 297 valence electrons. The number of benzene rings is 1. The Kier molecular flexibility index (Phi) is 18.6. The number of nitrogens with zero attached hydrogens (tertiary/aromatic N) is 1. The van der Waals surface area contributed by atoms with Gasteiger partial charge < -0.3 is 14.6 Å². The van der Waals surface area contributed by atoms with Gasteiger partial charge in [-0.1, -0.05) is 153 Å². The lowest BCUT2D eigenvalue weighted by Crippen LogP contribution is -2.16. The Hall–Kier alpha value is -4.18. The summed E-state index contributed by atoms with van der Waals surface area (Å²) in [5, 5.41) is 4.68. The molecule has 1 aromatic heterocycles. The molecule has 55 heavy (non-hydrogen) atoms. The van der Waals surface area contributed by atoms with E-state index in [9.17, 15) is 0 Å². The van der Waals surface area contributed by atoms with Crippen LogP contribution in [0.5, 0.6) is 0 Å². The van der Waals surface area contributed by atoms with Crippen molar-refractivity contribution in [3.63, 3.8) is 0 Å². The maximum Gasteiger partial charge on any atom is 0.233 e. The number of hydrogen-bond donors (Lipinski definition) is 1. The van der Waals surface area contributed by atoms with E-state index in [1.165, 1.54) is 23.1 Å². The van der Waals surface area contributed by atoms with Crippen molar-refractivity contribution in [1.82, 2.24) is 10.2 Å². The molecule has 1 unspecified atom stereocenters. The normalized spacial score (nSPS) is 14.8. The molecule has 1 heterocycles. The molecule has 0 spiro atoms. The number of furan rings is 1. The molecule has 0 aliphatic rings. The van der Waals surface area contributed by atoms with Crippen molar-refractivity contribution < 1.29 is 4.42 Å². The molecule has 2 rings (SSSR count). The smallest absolute Gasteiger partial charge is 0.233 e. The monoisotopic (exact) mass is 742 g/mol. The minimum atomic E-state index is 0.0603. The zero-order chi connectivity index (χ0) is 41.4. The van der Waals surface area contributed by atoms with Gasteiger partial charge in [-0.15, -0.1) is 0 Å². The van der Waals surface area contributed by atoms with Gasteiger partial charge in [-0.05, 0) is 119 Å². The molecule has 0 amide bonds. The predicted molar refractivity (Wildman–Crippen MR) is 246 cm³/mol. The number of allylic oxidation sites excluding steroid dienone is 11. The minimum absolute atomic E-state index is 0.0603. The van der Waals surface area contributed by atoms with Gasteiger partial charge >= 0.3 is 0 Å². The maximum absolute atomic E-state index is 6.35. The summed E-state index contributed by atoms with van der Waals surface area (Å²) >= 11 is 0. The fourth-order valence-electron chi connectivity index (χ4n) is 5.80. The summed E-state index contributed by atoms with van der Waals surface area (Å²) in [5.41, 5.74) is 8.51. The summed E-state index contributed by atoms with van der Waals surface area (Å²) in [4.78, 5) is 2.19. The third kappa shape index (κ3) is 17.0. The molecular weight excluding hydrogens is 667 g/mol. The number of rotatable bonds is 21. The van der Waals surface area contributed by atoms with Gasteiger partial charge in [-0.3, -0.25) is 0 Å². The second-order valence-electron chi connectivity index (χ2n) is 18.2. The summed E-state index contributed by atoms with van der Waals surface area (Å²) < 4.78 is 6.35. The molecular formula is C51H74BN2O. The second kappa shape index (κ2) is 21.8. The molecule has 0 bridgehead atoms. The van der Waals surface area contributed by atoms with E-state index in [4.69, 9.17) is 4.42 Å². The molecule has 0 saturated heterocycles. The molecule has 1 atom stereocenters. The Balaban J connectivity index is 2.66. The van der Waals surface area contributed by atoms with Crippen molar-refractivity contribution in [2.45, 2.75) is 128 Å². The van der Waals surface area contributed by atoms with E-state index in [0.29, 0.717) is 11.8 Å². The second-order valence-corrected chi connectivity index (χ2v) is 18.2. The van der Waals surface area contributed by atoms with E-state index in [2.05, 4.69) is 206 Å². The number of fused-ring (bicyclic) bond motifs is 1. The van der Waals surface area contributed by atoms with Crippen LogP contribution in [0.2, 0.25) is 0 Å². The van der Waals surface area contributed by atoms with Crippen LogP contribution in [0.3, 0.4) is 0 Å². The largest absolute Gasteiger partial charge is 0.472 e. The molecule has 0 aliphatic carbocycles. The summed E-state index contributed by atoms with van der Waals surface area (Å²) in [6, 6.07) is 8.63. The Bertz CT molecular complexity index is 1780. The summed E-state index contributed by atoms with van der Waals surface area (Å²) in [6.45, 7) is 42.0. The molecule has 3 nitrogen and oxygen atoms in total. The van der Waals surface area contributed by atoms with Crippen molar-refractivity contribution >= 4 is 23.9 Å². The highest BCUT2D eigenvalue weighted by atomic mass is 16.3. The van der Waals surface area contributed by atoms with Gasteiger partial charge in [0.2, 0.25) is 7.28 Å². The molecule has 1 N–H and O–H groups in total. The van der Waals surface area contributed by atoms with Gasteiger partial charge in [0.15, 0.2) is 0 Å². The van der Waals surface area contributed by atoms with E-state index < -0.39 is 0 Å². The minimum Gasteiger partial charge on any atom is -0.472 e. The summed E-state index contributed by atoms with van der Waals surface area (Å²) in [6.07, 6.45) is 28.2. The van der Waals surface area contributed by atoms with Crippen molar-refractivity contribution in [2.24, 2.45) is 22.7 Å². The van der Waals surface area contributed by atoms with Gasteiger partial charge in [0.1, 0.15) is 5.58 Å². The van der Waals surface area contributed by atoms with Gasteiger partial charge in [0.25, 0.3) is 0 Å². The lowest BCUT2D eigenvalue weighted by atomic mass is 9.74. The van der Waals surface area contributed by atoms with Gasteiger partial charge in [0.05, 0.1) is 5.66 Å². The third-order valence-corrected chi connectivity index (χ3v) is 9.85. The van der Waals surface area contributed by atoms with Gasteiger partial charge in [-0.25, -0.2) is 0 Å². The predicted octanol–water partition coefficient (Wildman–Crippen LogP) is 14.4. The van der Waals surface area contributed by atoms with Gasteiger partial charge in [0, 0.05) is 34.9 Å². The van der Waals surface area contributed by atoms with Gasteiger partial charge in [-0.2, -0.15) is 0 Å². The Morgan fingerprint density at radius 1 is 0.945 bits per heavy atom. The van der Waals surface area contributed by atoms with Crippen LogP contribution in [0.4, 0.5) is 0 Å². The number of nitrogens with one attached hydrogen (secondary N) is 1. The molecule has 0 fully saturated rings. The van der Waals surface area contributed by atoms with E-state index in [1.807, 2.05) is 12.2 Å². The fourth-order valence-corrected chi connectivity index (χ4v) is 5.80. The van der Waals surface area contributed by atoms with E-state index in [1.54, 1.807) is 6.08 Å². The van der Waals surface area contributed by atoms with E-state index in [0.717, 1.165) is 59.4 Å². The molecule has 1 aromatic carbocycles. The maximum atomic E-state index is 6.35. The highest BCUT2D eigenvalue weighted by Crippen LogP contribution is 2.29.